The van der Waals surface area contributed by atoms with Crippen molar-refractivity contribution < 1.29 is 19.1 Å². The molecule has 1 saturated heterocycles. The number of hydrogen-bond acceptors (Lipinski definition) is 4. The molecule has 2 heterocycles. The third-order valence-electron chi connectivity index (χ3n) is 4.48. The van der Waals surface area contributed by atoms with Crippen LogP contribution in [-0.4, -0.2) is 23.4 Å². The number of fused-ring (bicyclic) bond motifs is 1. The van der Waals surface area contributed by atoms with Crippen molar-refractivity contribution in [3.05, 3.63) is 22.7 Å². The van der Waals surface area contributed by atoms with E-state index in [1.165, 1.54) is 5.06 Å². The summed E-state index contributed by atoms with van der Waals surface area (Å²) in [6.45, 7) is 8.46. The molecule has 2 aliphatic rings. The van der Waals surface area contributed by atoms with Crippen LogP contribution in [-0.2, 0) is 16.2 Å². The average Bonchev–Trinajstić information content (AvgIpc) is 3.00. The van der Waals surface area contributed by atoms with E-state index in [1.807, 2.05) is 33.8 Å². The van der Waals surface area contributed by atoms with Crippen molar-refractivity contribution in [1.82, 2.24) is 5.06 Å². The van der Waals surface area contributed by atoms with E-state index in [1.54, 1.807) is 6.07 Å². The molecule has 0 radical (unpaired) electrons. The van der Waals surface area contributed by atoms with E-state index in [9.17, 15) is 4.79 Å². The Bertz CT molecular complexity index is 640. The van der Waals surface area contributed by atoms with Crippen LogP contribution in [0.2, 0.25) is 5.02 Å². The van der Waals surface area contributed by atoms with Crippen LogP contribution in [0.3, 0.4) is 0 Å². The van der Waals surface area contributed by atoms with Gasteiger partial charge in [0.15, 0.2) is 11.5 Å². The molecule has 5 nitrogen and oxygen atoms in total. The number of carbonyl (C=O) groups excluding carboxylic acids is 1. The number of hydrogen-bond donors (Lipinski definition) is 0. The molecule has 1 aromatic carbocycles. The van der Waals surface area contributed by atoms with Crippen molar-refractivity contribution in [2.24, 2.45) is 5.41 Å². The lowest BCUT2D eigenvalue weighted by molar-refractivity contribution is -0.165. The molecule has 3 rings (SSSR count). The number of ether oxygens (including phenoxy) is 2. The summed E-state index contributed by atoms with van der Waals surface area (Å²) in [5, 5.41) is 1.91. The predicted molar refractivity (Wildman–Crippen MR) is 86.3 cm³/mol. The van der Waals surface area contributed by atoms with Crippen LogP contribution in [0.1, 0.15) is 46.1 Å². The van der Waals surface area contributed by atoms with Crippen LogP contribution in [0.5, 0.6) is 11.5 Å². The zero-order chi connectivity index (χ0) is 16.8. The van der Waals surface area contributed by atoms with Crippen molar-refractivity contribution >= 4 is 17.5 Å². The summed E-state index contributed by atoms with van der Waals surface area (Å²) in [6.07, 6.45) is 1.49. The maximum atomic E-state index is 12.3. The Morgan fingerprint density at radius 2 is 1.78 bits per heavy atom. The smallest absolute Gasteiger partial charge is 0.254 e. The lowest BCUT2D eigenvalue weighted by Crippen LogP contribution is -2.36. The zero-order valence-electron chi connectivity index (χ0n) is 13.9. The van der Waals surface area contributed by atoms with Gasteiger partial charge in [-0.05, 0) is 25.5 Å². The number of nitrogens with zero attached hydrogens (tertiary/aromatic N) is 1. The minimum atomic E-state index is -0.619. The molecule has 0 aliphatic carbocycles. The molecule has 0 spiro atoms. The molecule has 0 N–H and O–H groups in total. The highest BCUT2D eigenvalue weighted by Crippen LogP contribution is 2.45. The molecule has 0 unspecified atom stereocenters. The first-order valence-electron chi connectivity index (χ1n) is 7.95. The lowest BCUT2D eigenvalue weighted by atomic mass is 9.95. The molecular formula is C17H22ClNO4. The second kappa shape index (κ2) is 5.56. The van der Waals surface area contributed by atoms with Crippen LogP contribution < -0.4 is 9.47 Å². The number of benzene rings is 1. The minimum Gasteiger partial charge on any atom is -0.448 e. The number of amides is 1. The Morgan fingerprint density at radius 3 is 2.30 bits per heavy atom. The van der Waals surface area contributed by atoms with E-state index in [0.29, 0.717) is 29.7 Å². The SMILES string of the molecule is CCC1(CC)Oc2cc(Cl)c(CN3OCC(C)(C)C3=O)cc2O1. The Labute approximate surface area is 141 Å². The van der Waals surface area contributed by atoms with Crippen molar-refractivity contribution in [3.63, 3.8) is 0 Å². The van der Waals surface area contributed by atoms with Gasteiger partial charge in [0.2, 0.25) is 0 Å². The van der Waals surface area contributed by atoms with E-state index < -0.39 is 11.2 Å². The predicted octanol–water partition coefficient (Wildman–Crippen LogP) is 3.93. The Balaban J connectivity index is 1.83. The molecule has 0 saturated carbocycles. The second-order valence-corrected chi connectivity index (χ2v) is 7.12. The third-order valence-corrected chi connectivity index (χ3v) is 4.83. The highest BCUT2D eigenvalue weighted by molar-refractivity contribution is 6.31. The lowest BCUT2D eigenvalue weighted by Gasteiger charge is -2.24. The first-order chi connectivity index (χ1) is 10.8. The fourth-order valence-electron chi connectivity index (χ4n) is 2.79. The topological polar surface area (TPSA) is 48.0 Å². The number of rotatable bonds is 4. The summed E-state index contributed by atoms with van der Waals surface area (Å²) < 4.78 is 11.9. The molecule has 126 valence electrons. The molecule has 6 heteroatoms. The summed E-state index contributed by atoms with van der Waals surface area (Å²) in [4.78, 5) is 17.8. The summed E-state index contributed by atoms with van der Waals surface area (Å²) in [5.41, 5.74) is 0.283. The van der Waals surface area contributed by atoms with E-state index >= 15 is 0 Å². The minimum absolute atomic E-state index is 0.0392. The molecular weight excluding hydrogens is 318 g/mol. The van der Waals surface area contributed by atoms with Gasteiger partial charge in [-0.15, -0.1) is 0 Å². The zero-order valence-corrected chi connectivity index (χ0v) is 14.7. The van der Waals surface area contributed by atoms with Gasteiger partial charge in [0.05, 0.1) is 18.6 Å². The molecule has 0 aromatic heterocycles. The average molecular weight is 340 g/mol. The maximum absolute atomic E-state index is 12.3. The van der Waals surface area contributed by atoms with Crippen LogP contribution in [0.15, 0.2) is 12.1 Å². The fraction of sp³-hybridized carbons (Fsp3) is 0.588. The summed E-state index contributed by atoms with van der Waals surface area (Å²) in [6, 6.07) is 3.59. The Hall–Kier alpha value is -1.46. The standard InChI is InChI=1S/C17H22ClNO4/c1-5-17(6-2)22-13-7-11(12(18)8-14(13)23-17)9-19-15(20)16(3,4)10-21-19/h7-8H,5-6,9-10H2,1-4H3. The van der Waals surface area contributed by atoms with E-state index in [2.05, 4.69) is 0 Å². The quantitative estimate of drug-likeness (QED) is 0.834. The summed E-state index contributed by atoms with van der Waals surface area (Å²) in [7, 11) is 0. The summed E-state index contributed by atoms with van der Waals surface area (Å²) in [5.74, 6) is 0.657. The van der Waals surface area contributed by atoms with E-state index in [0.717, 1.165) is 18.4 Å². The van der Waals surface area contributed by atoms with Gasteiger partial charge < -0.3 is 9.47 Å². The molecule has 0 atom stereocenters. The number of halogens is 1. The molecule has 1 amide bonds. The van der Waals surface area contributed by atoms with Crippen LogP contribution in [0.4, 0.5) is 0 Å². The Kier molecular flexibility index (Phi) is 3.97. The van der Waals surface area contributed by atoms with Crippen molar-refractivity contribution in [2.45, 2.75) is 52.9 Å². The Morgan fingerprint density at radius 1 is 1.17 bits per heavy atom. The van der Waals surface area contributed by atoms with Gasteiger partial charge in [0.25, 0.3) is 11.7 Å². The van der Waals surface area contributed by atoms with Gasteiger partial charge in [-0.3, -0.25) is 9.63 Å². The van der Waals surface area contributed by atoms with Gasteiger partial charge in [-0.1, -0.05) is 25.4 Å². The van der Waals surface area contributed by atoms with Crippen LogP contribution in [0.25, 0.3) is 0 Å². The number of carbonyl (C=O) groups is 1. The molecule has 1 fully saturated rings. The van der Waals surface area contributed by atoms with Gasteiger partial charge >= 0.3 is 0 Å². The second-order valence-electron chi connectivity index (χ2n) is 6.71. The van der Waals surface area contributed by atoms with Crippen molar-refractivity contribution in [1.29, 1.82) is 0 Å². The van der Waals surface area contributed by atoms with Crippen LogP contribution in [0, 0.1) is 5.41 Å². The van der Waals surface area contributed by atoms with Gasteiger partial charge in [-0.2, -0.15) is 0 Å². The first-order valence-corrected chi connectivity index (χ1v) is 8.33. The molecule has 1 aromatic rings. The summed E-state index contributed by atoms with van der Waals surface area (Å²) >= 11 is 6.36. The molecule has 2 aliphatic heterocycles. The van der Waals surface area contributed by atoms with Crippen LogP contribution >= 0.6 is 11.6 Å². The van der Waals surface area contributed by atoms with Gasteiger partial charge in [0, 0.05) is 23.9 Å². The number of hydroxylamine groups is 2. The van der Waals surface area contributed by atoms with Crippen molar-refractivity contribution in [3.8, 4) is 11.5 Å². The third kappa shape index (κ3) is 2.76. The van der Waals surface area contributed by atoms with E-state index in [-0.39, 0.29) is 5.91 Å². The molecule has 0 bridgehead atoms. The normalized spacial score (nSPS) is 21.1. The highest BCUT2D eigenvalue weighted by atomic mass is 35.5. The monoisotopic (exact) mass is 339 g/mol. The largest absolute Gasteiger partial charge is 0.448 e. The first kappa shape index (κ1) is 16.4. The van der Waals surface area contributed by atoms with E-state index in [4.69, 9.17) is 25.9 Å². The van der Waals surface area contributed by atoms with Crippen molar-refractivity contribution in [2.75, 3.05) is 6.61 Å². The molecule has 23 heavy (non-hydrogen) atoms. The van der Waals surface area contributed by atoms with Gasteiger partial charge in [-0.25, -0.2) is 5.06 Å². The van der Waals surface area contributed by atoms with Gasteiger partial charge in [0.1, 0.15) is 0 Å². The fourth-order valence-corrected chi connectivity index (χ4v) is 3.00. The maximum Gasteiger partial charge on any atom is 0.254 e. The highest BCUT2D eigenvalue weighted by Gasteiger charge is 2.42.